The summed E-state index contributed by atoms with van der Waals surface area (Å²) >= 11 is 0. The highest BCUT2D eigenvalue weighted by atomic mass is 16.5. The van der Waals surface area contributed by atoms with Crippen LogP contribution >= 0.6 is 0 Å². The van der Waals surface area contributed by atoms with Gasteiger partial charge in [-0.05, 0) is 6.92 Å². The lowest BCUT2D eigenvalue weighted by Gasteiger charge is -2.30. The first-order valence-electron chi connectivity index (χ1n) is 4.08. The number of carbonyl (C=O) groups is 1. The number of hydrogen-bond acceptors (Lipinski definition) is 4. The van der Waals surface area contributed by atoms with Crippen molar-refractivity contribution in [3.8, 4) is 0 Å². The van der Waals surface area contributed by atoms with Gasteiger partial charge in [-0.3, -0.25) is 15.1 Å². The topological polar surface area (TPSA) is 67.6 Å². The smallest absolute Gasteiger partial charge is 0.250 e. The second kappa shape index (κ2) is 4.39. The quantitative estimate of drug-likeness (QED) is 0.309. The molecular weight excluding hydrogens is 158 g/mol. The zero-order chi connectivity index (χ0) is 8.97. The second-order valence-corrected chi connectivity index (χ2v) is 2.83. The third-order valence-corrected chi connectivity index (χ3v) is 2.12. The van der Waals surface area contributed by atoms with Gasteiger partial charge in [0.15, 0.2) is 0 Å². The lowest BCUT2D eigenvalue weighted by Crippen LogP contribution is -2.51. The van der Waals surface area contributed by atoms with Crippen LogP contribution in [-0.2, 0) is 9.53 Å². The number of carbonyl (C=O) groups excluding carboxylic acids is 1. The Hall–Kier alpha value is -0.650. The molecule has 0 aromatic rings. The van der Waals surface area contributed by atoms with Crippen LogP contribution in [0, 0.1) is 0 Å². The molecule has 0 aromatic carbocycles. The Kier molecular flexibility index (Phi) is 3.46. The molecule has 1 atom stereocenters. The Bertz CT molecular complexity index is 157. The highest BCUT2D eigenvalue weighted by Crippen LogP contribution is 2.02. The maximum absolute atomic E-state index is 11.1. The van der Waals surface area contributed by atoms with Crippen LogP contribution in [0.15, 0.2) is 0 Å². The summed E-state index contributed by atoms with van der Waals surface area (Å²) in [4.78, 5) is 13.1. The van der Waals surface area contributed by atoms with Gasteiger partial charge >= 0.3 is 0 Å². The third kappa shape index (κ3) is 2.17. The molecule has 0 radical (unpaired) electrons. The summed E-state index contributed by atoms with van der Waals surface area (Å²) in [5.74, 6) is 4.88. The van der Waals surface area contributed by atoms with Gasteiger partial charge in [-0.25, -0.2) is 5.84 Å². The highest BCUT2D eigenvalue weighted by molar-refractivity contribution is 5.80. The van der Waals surface area contributed by atoms with Crippen molar-refractivity contribution >= 4 is 5.91 Å². The highest BCUT2D eigenvalue weighted by Gasteiger charge is 2.21. The van der Waals surface area contributed by atoms with E-state index < -0.39 is 0 Å². The molecule has 0 unspecified atom stereocenters. The molecule has 0 saturated carbocycles. The first kappa shape index (κ1) is 9.44. The number of amides is 1. The number of morpholine rings is 1. The van der Waals surface area contributed by atoms with E-state index in [1.54, 1.807) is 0 Å². The zero-order valence-electron chi connectivity index (χ0n) is 7.25. The molecule has 1 aliphatic rings. The third-order valence-electron chi connectivity index (χ3n) is 2.12. The lowest BCUT2D eigenvalue weighted by atomic mass is 10.2. The average molecular weight is 173 g/mol. The van der Waals surface area contributed by atoms with Gasteiger partial charge in [0.1, 0.15) is 0 Å². The maximum atomic E-state index is 11.1. The molecule has 1 aliphatic heterocycles. The molecule has 1 fully saturated rings. The Morgan fingerprint density at radius 1 is 1.58 bits per heavy atom. The summed E-state index contributed by atoms with van der Waals surface area (Å²) in [5, 5.41) is 0. The van der Waals surface area contributed by atoms with Crippen molar-refractivity contribution in [3.05, 3.63) is 0 Å². The molecular formula is C7H15N3O2. The van der Waals surface area contributed by atoms with Gasteiger partial charge in [0.25, 0.3) is 5.91 Å². The Balaban J connectivity index is 2.39. The molecule has 12 heavy (non-hydrogen) atoms. The molecule has 70 valence electrons. The van der Waals surface area contributed by atoms with E-state index in [0.29, 0.717) is 13.2 Å². The van der Waals surface area contributed by atoms with E-state index in [2.05, 4.69) is 5.43 Å². The van der Waals surface area contributed by atoms with Crippen LogP contribution in [0.2, 0.25) is 0 Å². The Labute approximate surface area is 71.8 Å². The fourth-order valence-electron chi connectivity index (χ4n) is 1.25. The minimum Gasteiger partial charge on any atom is -0.379 e. The molecule has 0 aliphatic carbocycles. The number of ether oxygens (including phenoxy) is 1. The minimum atomic E-state index is -0.154. The summed E-state index contributed by atoms with van der Waals surface area (Å²) in [5.41, 5.74) is 2.14. The second-order valence-electron chi connectivity index (χ2n) is 2.83. The molecule has 1 amide bonds. The van der Waals surface area contributed by atoms with Crippen molar-refractivity contribution in [2.75, 3.05) is 26.3 Å². The molecule has 5 heteroatoms. The predicted octanol–water partition coefficient (Wildman–Crippen LogP) is -1.30. The van der Waals surface area contributed by atoms with Gasteiger partial charge in [0.2, 0.25) is 0 Å². The molecule has 1 heterocycles. The van der Waals surface area contributed by atoms with Gasteiger partial charge in [0, 0.05) is 13.1 Å². The van der Waals surface area contributed by atoms with Gasteiger partial charge in [-0.1, -0.05) is 0 Å². The number of nitrogens with one attached hydrogen (secondary N) is 1. The number of nitrogens with two attached hydrogens (primary N) is 1. The van der Waals surface area contributed by atoms with Crippen LogP contribution < -0.4 is 11.3 Å². The summed E-state index contributed by atoms with van der Waals surface area (Å²) in [6.45, 7) is 4.83. The number of hydrogen-bond donors (Lipinski definition) is 2. The molecule has 1 rings (SSSR count). The largest absolute Gasteiger partial charge is 0.379 e. The summed E-state index contributed by atoms with van der Waals surface area (Å²) in [6.07, 6.45) is 0. The van der Waals surface area contributed by atoms with E-state index in [0.717, 1.165) is 13.1 Å². The number of hydrazine groups is 1. The van der Waals surface area contributed by atoms with E-state index in [1.807, 2.05) is 11.8 Å². The van der Waals surface area contributed by atoms with Crippen molar-refractivity contribution in [3.63, 3.8) is 0 Å². The van der Waals surface area contributed by atoms with E-state index in [-0.39, 0.29) is 11.9 Å². The summed E-state index contributed by atoms with van der Waals surface area (Å²) < 4.78 is 5.16. The van der Waals surface area contributed by atoms with Gasteiger partial charge in [-0.2, -0.15) is 0 Å². The summed E-state index contributed by atoms with van der Waals surface area (Å²) in [7, 11) is 0. The maximum Gasteiger partial charge on any atom is 0.250 e. The van der Waals surface area contributed by atoms with Crippen molar-refractivity contribution in [1.29, 1.82) is 0 Å². The Morgan fingerprint density at radius 3 is 2.67 bits per heavy atom. The van der Waals surface area contributed by atoms with E-state index in [1.165, 1.54) is 0 Å². The fraction of sp³-hybridized carbons (Fsp3) is 0.857. The van der Waals surface area contributed by atoms with Crippen LogP contribution in [0.25, 0.3) is 0 Å². The van der Waals surface area contributed by atoms with E-state index >= 15 is 0 Å². The SMILES string of the molecule is C[C@H](C(=O)NN)N1CCOCC1. The van der Waals surface area contributed by atoms with Gasteiger partial charge in [0.05, 0.1) is 19.3 Å². The standard InChI is InChI=1S/C7H15N3O2/c1-6(7(11)9-8)10-2-4-12-5-3-10/h6H,2-5,8H2,1H3,(H,9,11)/t6-/m1/s1. The van der Waals surface area contributed by atoms with E-state index in [9.17, 15) is 4.79 Å². The molecule has 1 saturated heterocycles. The predicted molar refractivity (Wildman–Crippen MR) is 44.2 cm³/mol. The first-order chi connectivity index (χ1) is 5.75. The van der Waals surface area contributed by atoms with Gasteiger partial charge < -0.3 is 4.74 Å². The molecule has 0 aromatic heterocycles. The Morgan fingerprint density at radius 2 is 2.17 bits per heavy atom. The van der Waals surface area contributed by atoms with Crippen molar-refractivity contribution in [2.24, 2.45) is 5.84 Å². The van der Waals surface area contributed by atoms with Crippen molar-refractivity contribution < 1.29 is 9.53 Å². The van der Waals surface area contributed by atoms with Crippen molar-refractivity contribution in [2.45, 2.75) is 13.0 Å². The molecule has 5 nitrogen and oxygen atoms in total. The molecule has 0 spiro atoms. The van der Waals surface area contributed by atoms with Crippen molar-refractivity contribution in [1.82, 2.24) is 10.3 Å². The normalized spacial score (nSPS) is 21.8. The van der Waals surface area contributed by atoms with Crippen LogP contribution in [0.5, 0.6) is 0 Å². The summed E-state index contributed by atoms with van der Waals surface area (Å²) in [6, 6.07) is -0.154. The lowest BCUT2D eigenvalue weighted by molar-refractivity contribution is -0.127. The zero-order valence-corrected chi connectivity index (χ0v) is 7.25. The molecule has 3 N–H and O–H groups in total. The van der Waals surface area contributed by atoms with Crippen LogP contribution in [0.1, 0.15) is 6.92 Å². The number of rotatable bonds is 2. The fourth-order valence-corrected chi connectivity index (χ4v) is 1.25. The van der Waals surface area contributed by atoms with Crippen LogP contribution in [-0.4, -0.2) is 43.2 Å². The van der Waals surface area contributed by atoms with E-state index in [4.69, 9.17) is 10.6 Å². The monoisotopic (exact) mass is 173 g/mol. The minimum absolute atomic E-state index is 0.142. The average Bonchev–Trinajstić information content (AvgIpc) is 2.17. The van der Waals surface area contributed by atoms with Gasteiger partial charge in [-0.15, -0.1) is 0 Å². The number of nitrogens with zero attached hydrogens (tertiary/aromatic N) is 1. The van der Waals surface area contributed by atoms with Crippen LogP contribution in [0.4, 0.5) is 0 Å². The molecule has 0 bridgehead atoms. The van der Waals surface area contributed by atoms with Crippen LogP contribution in [0.3, 0.4) is 0 Å². The first-order valence-corrected chi connectivity index (χ1v) is 4.08.